The van der Waals surface area contributed by atoms with E-state index in [0.717, 1.165) is 23.5 Å². The molecule has 1 aliphatic rings. The largest absolute Gasteiger partial charge is 0.486 e. The van der Waals surface area contributed by atoms with Crippen molar-refractivity contribution in [2.24, 2.45) is 5.92 Å². The molecule has 0 saturated carbocycles. The van der Waals surface area contributed by atoms with Crippen LogP contribution in [0.1, 0.15) is 41.2 Å². The summed E-state index contributed by atoms with van der Waals surface area (Å²) in [6.07, 6.45) is 1.51. The summed E-state index contributed by atoms with van der Waals surface area (Å²) in [7, 11) is 0. The number of Topliss-reactive ketones (excluding diaryl/α,β-unsaturated/α-hetero) is 1. The van der Waals surface area contributed by atoms with Crippen LogP contribution >= 0.6 is 0 Å². The van der Waals surface area contributed by atoms with Gasteiger partial charge in [-0.1, -0.05) is 13.8 Å². The van der Waals surface area contributed by atoms with Gasteiger partial charge in [0.1, 0.15) is 24.9 Å². The van der Waals surface area contributed by atoms with Crippen molar-refractivity contribution in [3.8, 4) is 17.6 Å². The molecule has 0 saturated heterocycles. The van der Waals surface area contributed by atoms with E-state index in [1.807, 2.05) is 26.0 Å². The highest BCUT2D eigenvalue weighted by molar-refractivity contribution is 6.02. The molecule has 0 unspecified atom stereocenters. The molecule has 1 aliphatic heterocycles. The van der Waals surface area contributed by atoms with Crippen molar-refractivity contribution in [1.82, 2.24) is 4.57 Å². The maximum absolute atomic E-state index is 12.4. The standard InChI is InChI=1S/C24H26N2O5/c1-15(2)13-26-16(3)9-19(17(26)4)10-20(12-25)24(28)31-14-21(27)18-5-6-22-23(11-18)30-8-7-29-22/h5-6,9-11,15H,7-8,13-14H2,1-4H3/b20-10+. The second-order valence-corrected chi connectivity index (χ2v) is 7.86. The Morgan fingerprint density at radius 3 is 2.58 bits per heavy atom. The van der Waals surface area contributed by atoms with E-state index in [0.29, 0.717) is 36.2 Å². The van der Waals surface area contributed by atoms with Gasteiger partial charge in [-0.15, -0.1) is 0 Å². The minimum atomic E-state index is -0.831. The van der Waals surface area contributed by atoms with Gasteiger partial charge in [-0.05, 0) is 55.7 Å². The maximum Gasteiger partial charge on any atom is 0.349 e. The van der Waals surface area contributed by atoms with Crippen LogP contribution in [0, 0.1) is 31.1 Å². The summed E-state index contributed by atoms with van der Waals surface area (Å²) in [5.41, 5.74) is 3.00. The Balaban J connectivity index is 1.69. The average Bonchev–Trinajstić information content (AvgIpc) is 3.02. The summed E-state index contributed by atoms with van der Waals surface area (Å²) in [5.74, 6) is 0.302. The van der Waals surface area contributed by atoms with Crippen molar-refractivity contribution in [2.45, 2.75) is 34.2 Å². The molecule has 0 atom stereocenters. The zero-order chi connectivity index (χ0) is 22.5. The number of hydrogen-bond donors (Lipinski definition) is 0. The molecular formula is C24H26N2O5. The number of nitrogens with zero attached hydrogens (tertiary/aromatic N) is 2. The maximum atomic E-state index is 12.4. The van der Waals surface area contributed by atoms with Crippen LogP contribution in [0.5, 0.6) is 11.5 Å². The minimum Gasteiger partial charge on any atom is -0.486 e. The molecule has 0 N–H and O–H groups in total. The second-order valence-electron chi connectivity index (χ2n) is 7.86. The summed E-state index contributed by atoms with van der Waals surface area (Å²) in [6, 6.07) is 8.62. The zero-order valence-electron chi connectivity index (χ0n) is 18.2. The molecule has 0 aliphatic carbocycles. The van der Waals surface area contributed by atoms with Crippen LogP contribution in [0.4, 0.5) is 0 Å². The number of ketones is 1. The first kappa shape index (κ1) is 22.2. The number of nitriles is 1. The fourth-order valence-electron chi connectivity index (χ4n) is 3.42. The highest BCUT2D eigenvalue weighted by atomic mass is 16.6. The Morgan fingerprint density at radius 1 is 1.19 bits per heavy atom. The highest BCUT2D eigenvalue weighted by Crippen LogP contribution is 2.30. The summed E-state index contributed by atoms with van der Waals surface area (Å²) in [6.45, 7) is 9.45. The molecule has 31 heavy (non-hydrogen) atoms. The Labute approximate surface area is 181 Å². The first-order valence-corrected chi connectivity index (χ1v) is 10.2. The summed E-state index contributed by atoms with van der Waals surface area (Å²) in [5, 5.41) is 9.44. The van der Waals surface area contributed by atoms with Crippen molar-refractivity contribution >= 4 is 17.8 Å². The molecule has 7 nitrogen and oxygen atoms in total. The minimum absolute atomic E-state index is 0.153. The van der Waals surface area contributed by atoms with Crippen LogP contribution < -0.4 is 9.47 Å². The van der Waals surface area contributed by atoms with E-state index >= 15 is 0 Å². The van der Waals surface area contributed by atoms with E-state index < -0.39 is 18.4 Å². The van der Waals surface area contributed by atoms with E-state index in [9.17, 15) is 14.9 Å². The molecule has 0 radical (unpaired) electrons. The van der Waals surface area contributed by atoms with Crippen molar-refractivity contribution < 1.29 is 23.8 Å². The first-order chi connectivity index (χ1) is 14.8. The van der Waals surface area contributed by atoms with Crippen LogP contribution in [-0.2, 0) is 16.1 Å². The smallest absolute Gasteiger partial charge is 0.349 e. The molecule has 0 amide bonds. The van der Waals surface area contributed by atoms with Crippen LogP contribution in [0.25, 0.3) is 6.08 Å². The van der Waals surface area contributed by atoms with Gasteiger partial charge in [0.2, 0.25) is 0 Å². The van der Waals surface area contributed by atoms with E-state index in [4.69, 9.17) is 14.2 Å². The van der Waals surface area contributed by atoms with E-state index in [1.54, 1.807) is 18.2 Å². The molecule has 1 aromatic carbocycles. The third-order valence-electron chi connectivity index (χ3n) is 5.00. The predicted molar refractivity (Wildman–Crippen MR) is 115 cm³/mol. The quantitative estimate of drug-likeness (QED) is 0.291. The number of rotatable bonds is 7. The van der Waals surface area contributed by atoms with Crippen LogP contribution in [0.3, 0.4) is 0 Å². The molecule has 2 heterocycles. The van der Waals surface area contributed by atoms with Crippen molar-refractivity contribution in [2.75, 3.05) is 19.8 Å². The van der Waals surface area contributed by atoms with Gasteiger partial charge in [-0.3, -0.25) is 4.79 Å². The normalized spacial score (nSPS) is 13.1. The lowest BCUT2D eigenvalue weighted by Gasteiger charge is -2.18. The number of esters is 1. The molecule has 3 rings (SSSR count). The van der Waals surface area contributed by atoms with Gasteiger partial charge in [0.05, 0.1) is 0 Å². The van der Waals surface area contributed by atoms with Gasteiger partial charge in [-0.2, -0.15) is 5.26 Å². The number of benzene rings is 1. The average molecular weight is 422 g/mol. The van der Waals surface area contributed by atoms with Crippen LogP contribution in [0.2, 0.25) is 0 Å². The lowest BCUT2D eigenvalue weighted by Crippen LogP contribution is -2.17. The molecule has 0 bridgehead atoms. The van der Waals surface area contributed by atoms with E-state index in [-0.39, 0.29) is 5.57 Å². The monoisotopic (exact) mass is 422 g/mol. The molecule has 0 spiro atoms. The Morgan fingerprint density at radius 2 is 1.90 bits per heavy atom. The van der Waals surface area contributed by atoms with Crippen molar-refractivity contribution in [3.63, 3.8) is 0 Å². The lowest BCUT2D eigenvalue weighted by atomic mass is 10.1. The Hall–Kier alpha value is -3.53. The third-order valence-corrected chi connectivity index (χ3v) is 5.00. The van der Waals surface area contributed by atoms with Crippen LogP contribution in [0.15, 0.2) is 29.8 Å². The molecule has 7 heteroatoms. The molecule has 1 aromatic heterocycles. The fraction of sp³-hybridized carbons (Fsp3) is 0.375. The van der Waals surface area contributed by atoms with Gasteiger partial charge < -0.3 is 18.8 Å². The van der Waals surface area contributed by atoms with E-state index in [1.165, 1.54) is 6.08 Å². The Kier molecular flexibility index (Phi) is 6.81. The topological polar surface area (TPSA) is 90.6 Å². The highest BCUT2D eigenvalue weighted by Gasteiger charge is 2.18. The number of fused-ring (bicyclic) bond motifs is 1. The number of aryl methyl sites for hydroxylation is 1. The van der Waals surface area contributed by atoms with E-state index in [2.05, 4.69) is 18.4 Å². The summed E-state index contributed by atoms with van der Waals surface area (Å²) >= 11 is 0. The zero-order valence-corrected chi connectivity index (χ0v) is 18.2. The van der Waals surface area contributed by atoms with Crippen molar-refractivity contribution in [3.05, 3.63) is 52.4 Å². The fourth-order valence-corrected chi connectivity index (χ4v) is 3.42. The summed E-state index contributed by atoms with van der Waals surface area (Å²) < 4.78 is 18.2. The number of ether oxygens (including phenoxy) is 3. The van der Waals surface area contributed by atoms with Gasteiger partial charge in [-0.25, -0.2) is 4.79 Å². The molecule has 2 aromatic rings. The van der Waals surface area contributed by atoms with Gasteiger partial charge in [0.15, 0.2) is 23.9 Å². The molecule has 162 valence electrons. The van der Waals surface area contributed by atoms with Crippen LogP contribution in [-0.4, -0.2) is 36.1 Å². The van der Waals surface area contributed by atoms with Gasteiger partial charge >= 0.3 is 5.97 Å². The van der Waals surface area contributed by atoms with Gasteiger partial charge in [0.25, 0.3) is 0 Å². The summed E-state index contributed by atoms with van der Waals surface area (Å²) in [4.78, 5) is 24.8. The van der Waals surface area contributed by atoms with Gasteiger partial charge in [0, 0.05) is 23.5 Å². The third kappa shape index (κ3) is 5.15. The number of carbonyl (C=O) groups excluding carboxylic acids is 2. The number of hydrogen-bond acceptors (Lipinski definition) is 6. The number of carbonyl (C=O) groups is 2. The molecule has 0 fully saturated rings. The molecular weight excluding hydrogens is 396 g/mol. The second kappa shape index (κ2) is 9.52. The van der Waals surface area contributed by atoms with Crippen molar-refractivity contribution in [1.29, 1.82) is 5.26 Å². The predicted octanol–water partition coefficient (Wildman–Crippen LogP) is 3.87. The number of aromatic nitrogens is 1. The Bertz CT molecular complexity index is 1070. The SMILES string of the molecule is Cc1cc(/C=C(\C#N)C(=O)OCC(=O)c2ccc3c(c2)OCCO3)c(C)n1CC(C)C. The first-order valence-electron chi connectivity index (χ1n) is 10.2. The lowest BCUT2D eigenvalue weighted by molar-refractivity contribution is -0.137.